The number of benzene rings is 2. The number of nitrogens with two attached hydrogens (primary N) is 7. The van der Waals surface area contributed by atoms with E-state index in [-0.39, 0.29) is 102 Å². The molecule has 0 saturated heterocycles. The van der Waals surface area contributed by atoms with Gasteiger partial charge in [0.1, 0.15) is 54.4 Å². The zero-order valence-corrected chi connectivity index (χ0v) is 57.5. The number of carbonyl (C=O) groups is 11. The van der Waals surface area contributed by atoms with E-state index in [0.717, 1.165) is 27.4 Å². The molecule has 0 spiro atoms. The molecule has 2 aromatic carbocycles. The van der Waals surface area contributed by atoms with Crippen molar-refractivity contribution < 1.29 is 57.8 Å². The van der Waals surface area contributed by atoms with Crippen molar-refractivity contribution in [2.24, 2.45) is 62.0 Å². The van der Waals surface area contributed by atoms with Gasteiger partial charge in [-0.3, -0.25) is 57.9 Å². The first-order chi connectivity index (χ1) is 47.1. The first kappa shape index (κ1) is 81.5. The van der Waals surface area contributed by atoms with Crippen LogP contribution in [0.5, 0.6) is 0 Å². The van der Waals surface area contributed by atoms with Gasteiger partial charge in [-0.1, -0.05) is 70.5 Å². The van der Waals surface area contributed by atoms with Crippen LogP contribution in [0.4, 0.5) is 0 Å². The van der Waals surface area contributed by atoms with Gasteiger partial charge in [0.05, 0.1) is 12.6 Å². The number of rotatable bonds is 45. The van der Waals surface area contributed by atoms with Gasteiger partial charge in [0.15, 0.2) is 11.9 Å². The van der Waals surface area contributed by atoms with Crippen molar-refractivity contribution in [2.75, 3.05) is 32.7 Å². The maximum Gasteiger partial charge on any atom is 0.326 e. The number of para-hydroxylation sites is 2. The lowest BCUT2D eigenvalue weighted by atomic mass is 9.97. The van der Waals surface area contributed by atoms with Crippen LogP contribution in [-0.2, 0) is 65.6 Å². The summed E-state index contributed by atoms with van der Waals surface area (Å²) in [5, 5.41) is 38.1. The van der Waals surface area contributed by atoms with E-state index in [0.29, 0.717) is 37.7 Å². The number of aromatic amines is 2. The van der Waals surface area contributed by atoms with Crippen LogP contribution in [0.2, 0.25) is 0 Å². The second-order valence-corrected chi connectivity index (χ2v) is 25.1. The number of unbranched alkanes of at least 4 members (excludes halogenated alkanes) is 2. The number of carboxylic acid groups (broad SMARTS) is 1. The van der Waals surface area contributed by atoms with Gasteiger partial charge < -0.3 is 108 Å². The monoisotopic (exact) mass is 1380 g/mol. The number of fused-ring (bicyclic) bond motifs is 2. The van der Waals surface area contributed by atoms with Gasteiger partial charge in [-0.15, -0.1) is 0 Å². The molecule has 2 aromatic heterocycles. The number of guanidine groups is 2. The Balaban J connectivity index is 1.49. The van der Waals surface area contributed by atoms with E-state index < -0.39 is 138 Å². The number of carboxylic acids is 1. The smallest absolute Gasteiger partial charge is 0.326 e. The average molecular weight is 1380 g/mol. The number of nitrogens with one attached hydrogen (secondary N) is 12. The highest BCUT2D eigenvalue weighted by molar-refractivity contribution is 5.99. The van der Waals surface area contributed by atoms with Crippen LogP contribution < -0.4 is 93.3 Å². The van der Waals surface area contributed by atoms with Crippen LogP contribution >= 0.6 is 0 Å². The van der Waals surface area contributed by atoms with Crippen LogP contribution in [0.25, 0.3) is 21.8 Å². The highest BCUT2D eigenvalue weighted by Gasteiger charge is 2.36. The zero-order valence-electron chi connectivity index (χ0n) is 57.5. The average Bonchev–Trinajstić information content (AvgIpc) is 1.74. The minimum Gasteiger partial charge on any atom is -0.480 e. The van der Waals surface area contributed by atoms with Crippen LogP contribution in [0.15, 0.2) is 70.9 Å². The van der Waals surface area contributed by atoms with Crippen LogP contribution in [-0.4, -0.2) is 185 Å². The van der Waals surface area contributed by atoms with E-state index in [2.05, 4.69) is 73.1 Å². The maximum atomic E-state index is 14.6. The lowest BCUT2D eigenvalue weighted by Gasteiger charge is -2.28. The third-order valence-electron chi connectivity index (χ3n) is 16.6. The molecule has 0 bridgehead atoms. The highest BCUT2D eigenvalue weighted by atomic mass is 16.4. The molecule has 10 amide bonds. The van der Waals surface area contributed by atoms with Gasteiger partial charge in [-0.2, -0.15) is 0 Å². The Morgan fingerprint density at radius 2 is 0.889 bits per heavy atom. The number of amides is 10. The van der Waals surface area contributed by atoms with Crippen LogP contribution in [0.1, 0.15) is 130 Å². The summed E-state index contributed by atoms with van der Waals surface area (Å²) in [6, 6.07) is 2.23. The lowest BCUT2D eigenvalue weighted by molar-refractivity contribution is -0.142. The van der Waals surface area contributed by atoms with Crippen molar-refractivity contribution in [3.63, 3.8) is 0 Å². The van der Waals surface area contributed by atoms with E-state index in [1.807, 2.05) is 42.5 Å². The van der Waals surface area contributed by atoms with Crippen molar-refractivity contribution in [2.45, 2.75) is 192 Å². The number of aliphatic imine (C=N–C) groups is 2. The fraction of sp³-hybridized carbons (Fsp3) is 0.561. The molecule has 99 heavy (non-hydrogen) atoms. The molecule has 0 aliphatic carbocycles. The van der Waals surface area contributed by atoms with Crippen LogP contribution in [0.3, 0.4) is 0 Å². The van der Waals surface area contributed by atoms with Crippen molar-refractivity contribution in [3.05, 3.63) is 72.1 Å². The van der Waals surface area contributed by atoms with Crippen molar-refractivity contribution in [3.8, 4) is 0 Å². The highest BCUT2D eigenvalue weighted by Crippen LogP contribution is 2.22. The standard InChI is InChI=1S/C66H105N21O12/c1-7-37(4)54(87-62(96)52(32-41-34-77-46-21-11-9-19-43(41)46)86-56(90)39(6)79-55(89)38(5)80-57(91)44(69)31-40-33-76-45-20-10-8-18-42(40)45)63(97)78-35-53(88)81-51(30-36(2)3)61(95)84-49(24-16-28-74-65(70)71)59(93)82-47(22-12-14-26-67)58(92)83-48(23-13-15-27-68)60(94)85-50(64(98)99)25-17-29-75-66(72)73/h8-11,18-21,33-34,36-39,44,47-52,54,76-77H,7,12-17,22-32,35,67-69H2,1-6H3,(H,78,97)(H,79,89)(H,80,91)(H,81,88)(H,82,93)(H,83,92)(H,84,95)(H,85,94)(H,86,90)(H,87,96)(H,98,99)(H4,70,71,74)(H4,72,73,75)/t37-,38-,39-,44-,47-,48-,49-,50-,51-,52-,54-/m0/s1. The number of hydrogen-bond donors (Lipinski definition) is 20. The molecule has 27 N–H and O–H groups in total. The number of aromatic nitrogens is 2. The summed E-state index contributed by atoms with van der Waals surface area (Å²) in [7, 11) is 0. The maximum absolute atomic E-state index is 14.6. The summed E-state index contributed by atoms with van der Waals surface area (Å²) in [4.78, 5) is 166. The van der Waals surface area contributed by atoms with Gasteiger partial charge in [-0.05, 0) is 139 Å². The van der Waals surface area contributed by atoms with Gasteiger partial charge >= 0.3 is 5.97 Å². The molecule has 33 nitrogen and oxygen atoms in total. The molecule has 0 saturated carbocycles. The van der Waals surface area contributed by atoms with Crippen molar-refractivity contribution in [1.29, 1.82) is 0 Å². The number of nitrogens with zero attached hydrogens (tertiary/aromatic N) is 2. The quantitative estimate of drug-likeness (QED) is 0.0127. The van der Waals surface area contributed by atoms with E-state index in [9.17, 15) is 57.8 Å². The number of hydrogen-bond acceptors (Lipinski definition) is 16. The zero-order chi connectivity index (χ0) is 73.3. The largest absolute Gasteiger partial charge is 0.480 e. The Hall–Kier alpha value is -9.89. The third-order valence-corrected chi connectivity index (χ3v) is 16.6. The summed E-state index contributed by atoms with van der Waals surface area (Å²) >= 11 is 0. The van der Waals surface area contributed by atoms with Crippen LogP contribution in [0, 0.1) is 11.8 Å². The minimum atomic E-state index is -1.37. The van der Waals surface area contributed by atoms with E-state index in [4.69, 9.17) is 40.1 Å². The van der Waals surface area contributed by atoms with Gasteiger partial charge in [0.25, 0.3) is 0 Å². The Kier molecular flexibility index (Phi) is 34.6. The summed E-state index contributed by atoms with van der Waals surface area (Å²) in [6.45, 7) is 9.86. The summed E-state index contributed by atoms with van der Waals surface area (Å²) < 4.78 is 0. The molecule has 4 rings (SSSR count). The molecular formula is C66H105N21O12. The normalized spacial score (nSPS) is 14.6. The minimum absolute atomic E-state index is 0.0281. The molecule has 2 heterocycles. The van der Waals surface area contributed by atoms with Gasteiger partial charge in [-0.25, -0.2) is 4.79 Å². The fourth-order valence-electron chi connectivity index (χ4n) is 10.8. The second kappa shape index (κ2) is 42.0. The predicted octanol–water partition coefficient (Wildman–Crippen LogP) is -2.18. The fourth-order valence-corrected chi connectivity index (χ4v) is 10.8. The number of carbonyl (C=O) groups excluding carboxylic acids is 10. The molecular weight excluding hydrogens is 1280 g/mol. The summed E-state index contributed by atoms with van der Waals surface area (Å²) in [5.41, 5.74) is 42.8. The SMILES string of the molecule is CC[C@H](C)[C@H](NC(=O)[C@H](Cc1c[nH]c2ccccc12)NC(=O)[C@H](C)NC(=O)[C@H](C)NC(=O)[C@@H](N)Cc1c[nH]c2ccccc12)C(=O)NCC(=O)N[C@@H](CC(C)C)C(=O)N[C@@H](CCCN=C(N)N)C(=O)N[C@@H](CCCCN)C(=O)N[C@@H](CCCCN)C(=O)N[C@@H](CCCN=C(N)N)C(=O)O. The molecule has 0 aliphatic rings. The predicted molar refractivity (Wildman–Crippen MR) is 376 cm³/mol. The van der Waals surface area contributed by atoms with E-state index >= 15 is 0 Å². The Morgan fingerprint density at radius 3 is 1.35 bits per heavy atom. The molecule has 0 radical (unpaired) electrons. The van der Waals surface area contributed by atoms with E-state index in [1.165, 1.54) is 13.8 Å². The Bertz CT molecular complexity index is 3400. The molecule has 0 fully saturated rings. The first-order valence-electron chi connectivity index (χ1n) is 33.7. The first-order valence-corrected chi connectivity index (χ1v) is 33.7. The Labute approximate surface area is 576 Å². The molecule has 0 aliphatic heterocycles. The second-order valence-electron chi connectivity index (χ2n) is 25.1. The molecule has 11 atom stereocenters. The summed E-state index contributed by atoms with van der Waals surface area (Å²) in [5.74, 6) is -10.2. The lowest BCUT2D eigenvalue weighted by Crippen LogP contribution is -2.60. The Morgan fingerprint density at radius 1 is 0.475 bits per heavy atom. The third kappa shape index (κ3) is 27.9. The summed E-state index contributed by atoms with van der Waals surface area (Å²) in [6.07, 6.45) is 5.87. The van der Waals surface area contributed by atoms with E-state index in [1.54, 1.807) is 46.2 Å². The van der Waals surface area contributed by atoms with Gasteiger partial charge in [0.2, 0.25) is 59.1 Å². The molecule has 0 unspecified atom stereocenters. The topological polar surface area (TPSA) is 567 Å². The van der Waals surface area contributed by atoms with Crippen molar-refractivity contribution >= 4 is 98.8 Å². The molecule has 4 aromatic rings. The molecule has 33 heteroatoms. The van der Waals surface area contributed by atoms with Gasteiger partial charge in [0, 0.05) is 53.7 Å². The number of H-pyrrole nitrogens is 2. The number of aliphatic carboxylic acids is 1. The molecule has 546 valence electrons. The van der Waals surface area contributed by atoms with Crippen molar-refractivity contribution in [1.82, 2.24) is 63.1 Å².